The van der Waals surface area contributed by atoms with Gasteiger partial charge in [0.2, 0.25) is 0 Å². The molecule has 4 aliphatic carbocycles. The van der Waals surface area contributed by atoms with Crippen molar-refractivity contribution in [1.29, 1.82) is 15.8 Å². The first-order valence-corrected chi connectivity index (χ1v) is 22.2. The summed E-state index contributed by atoms with van der Waals surface area (Å²) in [6, 6.07) is 27.4. The largest absolute Gasteiger partial charge is 0.299 e. The number of hydrogen-bond acceptors (Lipinski definition) is 9. The van der Waals surface area contributed by atoms with Crippen LogP contribution in [-0.2, 0) is 27.0 Å². The number of carbonyl (C=O) groups is 2. The van der Waals surface area contributed by atoms with E-state index >= 15 is 0 Å². The predicted molar refractivity (Wildman–Crippen MR) is 250 cm³/mol. The van der Waals surface area contributed by atoms with Crippen LogP contribution in [0, 0.1) is 69.1 Å². The van der Waals surface area contributed by atoms with Gasteiger partial charge in [-0.25, -0.2) is 24.2 Å². The molecule has 4 unspecified atom stereocenters. The minimum absolute atomic E-state index is 0.0686. The van der Waals surface area contributed by atoms with Crippen molar-refractivity contribution in [3.8, 4) is 18.2 Å². The monoisotopic (exact) mass is 874 g/mol. The van der Waals surface area contributed by atoms with Crippen molar-refractivity contribution in [2.75, 3.05) is 0 Å². The molecule has 2 aromatic heterocycles. The Morgan fingerprint density at radius 1 is 0.864 bits per heavy atom. The number of benzene rings is 3. The summed E-state index contributed by atoms with van der Waals surface area (Å²) in [6.45, 7) is 23.9. The van der Waals surface area contributed by atoms with Gasteiger partial charge in [-0.15, -0.1) is 0 Å². The van der Waals surface area contributed by atoms with Crippen molar-refractivity contribution in [3.05, 3.63) is 173 Å². The number of nitriles is 3. The maximum absolute atomic E-state index is 12.4. The third kappa shape index (κ3) is 9.19. The Morgan fingerprint density at radius 2 is 1.48 bits per heavy atom. The van der Waals surface area contributed by atoms with Gasteiger partial charge in [0.05, 0.1) is 47.7 Å². The Balaban J connectivity index is 0.000000147. The number of carbonyl (C=O) groups excluding carboxylic acids is 2. The van der Waals surface area contributed by atoms with Crippen molar-refractivity contribution in [1.82, 2.24) is 29.5 Å². The maximum atomic E-state index is 12.4. The van der Waals surface area contributed by atoms with E-state index in [0.717, 1.165) is 71.1 Å². The van der Waals surface area contributed by atoms with Gasteiger partial charge >= 0.3 is 0 Å². The third-order valence-corrected chi connectivity index (χ3v) is 14.4. The van der Waals surface area contributed by atoms with Crippen LogP contribution in [0.4, 0.5) is 5.69 Å². The summed E-state index contributed by atoms with van der Waals surface area (Å²) >= 11 is 0. The minimum atomic E-state index is -0.612. The highest BCUT2D eigenvalue weighted by molar-refractivity contribution is 6.02. The van der Waals surface area contributed by atoms with Crippen molar-refractivity contribution in [2.24, 2.45) is 28.6 Å². The van der Waals surface area contributed by atoms with Gasteiger partial charge < -0.3 is 0 Å². The SMILES string of the molecule is C=C1CC2C(CC[C@]3(C)C(=O)CCC23)[C@@]2(C)C=CC(=O)C=C12.CC(C)(C#N)c1cc(Cn2cncn2)cc(C(C)(C)C#N)c1.[C-]#[N+]c1ccc(C(c2ccc(C#N)cc2)n2cncn2)cc1. The highest BCUT2D eigenvalue weighted by atomic mass is 16.1. The zero-order valence-corrected chi connectivity index (χ0v) is 38.4. The Bertz CT molecular complexity index is 2760. The molecule has 12 nitrogen and oxygen atoms in total. The van der Waals surface area contributed by atoms with Crippen LogP contribution in [0.1, 0.15) is 113 Å². The molecule has 6 atom stereocenters. The van der Waals surface area contributed by atoms with E-state index in [-0.39, 0.29) is 22.7 Å². The van der Waals surface area contributed by atoms with E-state index in [2.05, 4.69) is 69.7 Å². The maximum Gasteiger partial charge on any atom is 0.187 e. The van der Waals surface area contributed by atoms with Crippen LogP contribution in [0.5, 0.6) is 0 Å². The fourth-order valence-electron chi connectivity index (χ4n) is 10.4. The van der Waals surface area contributed by atoms with Crippen LogP contribution in [0.3, 0.4) is 0 Å². The first-order chi connectivity index (χ1) is 31.5. The molecule has 0 N–H and O–H groups in total. The van der Waals surface area contributed by atoms with E-state index < -0.39 is 10.8 Å². The Kier molecular flexibility index (Phi) is 13.0. The molecule has 4 aliphatic rings. The molecule has 9 rings (SSSR count). The first kappa shape index (κ1) is 46.5. The fourth-order valence-corrected chi connectivity index (χ4v) is 10.4. The van der Waals surface area contributed by atoms with Crippen molar-refractivity contribution >= 4 is 17.3 Å². The molecule has 66 heavy (non-hydrogen) atoms. The number of nitrogens with zero attached hydrogens (tertiary/aromatic N) is 10. The van der Waals surface area contributed by atoms with E-state index in [9.17, 15) is 20.1 Å². The molecule has 332 valence electrons. The second-order valence-electron chi connectivity index (χ2n) is 19.4. The van der Waals surface area contributed by atoms with Crippen LogP contribution in [-0.4, -0.2) is 41.1 Å². The second-order valence-corrected chi connectivity index (χ2v) is 19.4. The van der Waals surface area contributed by atoms with Gasteiger partial charge in [0, 0.05) is 17.3 Å². The summed E-state index contributed by atoms with van der Waals surface area (Å²) in [5.41, 5.74) is 6.90. The fraction of sp³-hybridized carbons (Fsp3) is 0.370. The lowest BCUT2D eigenvalue weighted by atomic mass is 9.48. The number of rotatable bonds is 7. The number of hydrogen-bond donors (Lipinski definition) is 0. The lowest BCUT2D eigenvalue weighted by molar-refractivity contribution is -0.131. The van der Waals surface area contributed by atoms with Crippen molar-refractivity contribution in [3.63, 3.8) is 0 Å². The zero-order valence-electron chi connectivity index (χ0n) is 38.4. The number of aromatic nitrogens is 6. The molecule has 3 fully saturated rings. The second kappa shape index (κ2) is 18.5. The summed E-state index contributed by atoms with van der Waals surface area (Å²) in [5.74, 6) is 2.14. The molecule has 0 spiro atoms. The molecule has 0 aliphatic heterocycles. The summed E-state index contributed by atoms with van der Waals surface area (Å²) < 4.78 is 3.48. The predicted octanol–water partition coefficient (Wildman–Crippen LogP) is 10.3. The van der Waals surface area contributed by atoms with Gasteiger partial charge in [-0.05, 0) is 129 Å². The van der Waals surface area contributed by atoms with Crippen molar-refractivity contribution in [2.45, 2.75) is 97.1 Å². The molecule has 12 heteroatoms. The van der Waals surface area contributed by atoms with E-state index in [1.807, 2.05) is 70.2 Å². The summed E-state index contributed by atoms with van der Waals surface area (Å²) in [7, 11) is 0. The summed E-state index contributed by atoms with van der Waals surface area (Å²) in [6.07, 6.45) is 16.8. The smallest absolute Gasteiger partial charge is 0.187 e. The molecular formula is C54H54N10O2. The van der Waals surface area contributed by atoms with Crippen LogP contribution in [0.2, 0.25) is 0 Å². The average Bonchev–Trinajstić information content (AvgIpc) is 4.11. The topological polar surface area (TPSA) is 171 Å². The van der Waals surface area contributed by atoms with Crippen LogP contribution >= 0.6 is 0 Å². The first-order valence-electron chi connectivity index (χ1n) is 22.2. The Hall–Kier alpha value is -7.54. The van der Waals surface area contributed by atoms with Crippen LogP contribution < -0.4 is 0 Å². The third-order valence-electron chi connectivity index (χ3n) is 14.4. The standard InChI is InChI=1S/C20H24O2.C17H11N5.C17H19N5/c1-12-10-14-15-4-5-18(22)20(15,3)9-7-16(14)19(2)8-6-13(21)11-17(12)19;1-19-16-8-6-15(7-9-16)17(22-12-20-11-21-22)14-4-2-13(10-18)3-5-14;1-16(2,9-18)14-5-13(8-22-12-20-11-21-22)6-15(7-14)17(3,4)10-19/h6,8,11,14-16H,1,4-5,7,9-10H2,2-3H3;2-9,11-12,17H;5-7,11-12H,8H2,1-4H3/t14?,15?,16?,19-,20+;;/m1../s1. The number of Topliss-reactive ketones (excluding diaryl/α,β-unsaturated/α-hetero) is 1. The minimum Gasteiger partial charge on any atom is -0.299 e. The molecule has 0 radical (unpaired) electrons. The average molecular weight is 875 g/mol. The molecule has 3 saturated carbocycles. The van der Waals surface area contributed by atoms with Gasteiger partial charge in [0.1, 0.15) is 37.1 Å². The quantitative estimate of drug-likeness (QED) is 0.144. The molecule has 5 aromatic rings. The van der Waals surface area contributed by atoms with Crippen LogP contribution in [0.15, 0.2) is 128 Å². The van der Waals surface area contributed by atoms with Gasteiger partial charge in [-0.1, -0.05) is 86.7 Å². The number of ketones is 2. The lowest BCUT2D eigenvalue weighted by Gasteiger charge is -2.56. The molecule has 0 bridgehead atoms. The molecular weight excluding hydrogens is 821 g/mol. The van der Waals surface area contributed by atoms with Crippen molar-refractivity contribution < 1.29 is 9.59 Å². The Morgan fingerprint density at radius 3 is 2.05 bits per heavy atom. The number of allylic oxidation sites excluding steroid dienone is 5. The van der Waals surface area contributed by atoms with Gasteiger partial charge in [0.15, 0.2) is 11.5 Å². The summed E-state index contributed by atoms with van der Waals surface area (Å²) in [4.78, 5) is 35.6. The molecule has 0 saturated heterocycles. The summed E-state index contributed by atoms with van der Waals surface area (Å²) in [5, 5.41) is 36.1. The Labute approximate surface area is 387 Å². The molecule has 3 aromatic carbocycles. The molecule has 0 amide bonds. The number of fused-ring (bicyclic) bond motifs is 5. The highest BCUT2D eigenvalue weighted by Crippen LogP contribution is 2.64. The van der Waals surface area contributed by atoms with E-state index in [0.29, 0.717) is 41.3 Å². The lowest BCUT2D eigenvalue weighted by Crippen LogP contribution is -2.50. The van der Waals surface area contributed by atoms with E-state index in [4.69, 9.17) is 11.8 Å². The van der Waals surface area contributed by atoms with E-state index in [1.165, 1.54) is 12.7 Å². The zero-order chi connectivity index (χ0) is 47.4. The van der Waals surface area contributed by atoms with Gasteiger partial charge in [-0.3, -0.25) is 9.59 Å². The van der Waals surface area contributed by atoms with Gasteiger partial charge in [-0.2, -0.15) is 26.0 Å². The van der Waals surface area contributed by atoms with Crippen LogP contribution in [0.25, 0.3) is 4.85 Å². The molecule has 2 heterocycles. The van der Waals surface area contributed by atoms with E-state index in [1.54, 1.807) is 58.4 Å². The highest BCUT2D eigenvalue weighted by Gasteiger charge is 2.59. The normalized spacial score (nSPS) is 23.3. The van der Waals surface area contributed by atoms with Gasteiger partial charge in [0.25, 0.3) is 0 Å².